The lowest BCUT2D eigenvalue weighted by Gasteiger charge is -2.08. The number of terminal acetylenes is 1. The van der Waals surface area contributed by atoms with Crippen LogP contribution >= 0.6 is 35.0 Å². The van der Waals surface area contributed by atoms with Gasteiger partial charge in [0.25, 0.3) is 0 Å². The molecule has 0 amide bonds. The zero-order chi connectivity index (χ0) is 8.53. The van der Waals surface area contributed by atoms with Gasteiger partial charge in [-0.1, -0.05) is 5.92 Å². The van der Waals surface area contributed by atoms with Gasteiger partial charge in [0.2, 0.25) is 0 Å². The van der Waals surface area contributed by atoms with Crippen molar-refractivity contribution in [1.82, 2.24) is 0 Å². The van der Waals surface area contributed by atoms with Gasteiger partial charge in [-0.2, -0.15) is 0 Å². The Labute approximate surface area is 81.8 Å². The van der Waals surface area contributed by atoms with Gasteiger partial charge in [0.05, 0.1) is 5.94 Å². The number of halogens is 2. The summed E-state index contributed by atoms with van der Waals surface area (Å²) < 4.78 is 5.03. The monoisotopic (exact) mass is 212 g/mol. The van der Waals surface area contributed by atoms with Gasteiger partial charge in [-0.25, -0.2) is 0 Å². The molecule has 0 fully saturated rings. The molecular formula is C7H10Cl2OS. The smallest absolute Gasteiger partial charge is 0.108 e. The molecule has 0 aliphatic carbocycles. The molecule has 0 aromatic carbocycles. The van der Waals surface area contributed by atoms with E-state index in [1.54, 1.807) is 11.8 Å². The molecule has 0 aliphatic heterocycles. The van der Waals surface area contributed by atoms with Crippen LogP contribution < -0.4 is 0 Å². The van der Waals surface area contributed by atoms with Crippen LogP contribution in [0.2, 0.25) is 0 Å². The standard InChI is InChI=1S/C7H10Cl2OS/c1-2-3-10-6-11-7(4-8)5-9/h1,7H,3-6H2. The third-order valence-corrected chi connectivity index (χ3v) is 3.14. The Balaban J connectivity index is 3.16. The molecule has 1 nitrogen and oxygen atoms in total. The van der Waals surface area contributed by atoms with Gasteiger partial charge in [0, 0.05) is 17.0 Å². The van der Waals surface area contributed by atoms with Crippen molar-refractivity contribution in [3.8, 4) is 12.3 Å². The van der Waals surface area contributed by atoms with Gasteiger partial charge in [-0.15, -0.1) is 41.4 Å². The highest BCUT2D eigenvalue weighted by atomic mass is 35.5. The van der Waals surface area contributed by atoms with E-state index >= 15 is 0 Å². The average Bonchev–Trinajstić information content (AvgIpc) is 2.05. The second kappa shape index (κ2) is 8.55. The van der Waals surface area contributed by atoms with Crippen LogP contribution in [-0.2, 0) is 4.74 Å². The van der Waals surface area contributed by atoms with E-state index in [2.05, 4.69) is 5.92 Å². The van der Waals surface area contributed by atoms with E-state index in [0.717, 1.165) is 0 Å². The molecule has 0 spiro atoms. The predicted octanol–water partition coefficient (Wildman–Crippen LogP) is 2.17. The van der Waals surface area contributed by atoms with Crippen LogP contribution in [0.3, 0.4) is 0 Å². The Kier molecular flexibility index (Phi) is 8.90. The summed E-state index contributed by atoms with van der Waals surface area (Å²) in [5.41, 5.74) is 0. The number of thioether (sulfide) groups is 1. The van der Waals surface area contributed by atoms with Gasteiger partial charge in [-0.3, -0.25) is 0 Å². The van der Waals surface area contributed by atoms with Crippen molar-refractivity contribution in [3.05, 3.63) is 0 Å². The Morgan fingerprint density at radius 3 is 2.55 bits per heavy atom. The van der Waals surface area contributed by atoms with Crippen LogP contribution in [0, 0.1) is 12.3 Å². The molecule has 0 radical (unpaired) electrons. The number of hydrogen-bond donors (Lipinski definition) is 0. The Morgan fingerprint density at radius 2 is 2.09 bits per heavy atom. The van der Waals surface area contributed by atoms with Gasteiger partial charge in [0.1, 0.15) is 6.61 Å². The largest absolute Gasteiger partial charge is 0.358 e. The molecule has 0 aromatic heterocycles. The Hall–Kier alpha value is 0.450. The summed E-state index contributed by atoms with van der Waals surface area (Å²) >= 11 is 12.7. The van der Waals surface area contributed by atoms with Gasteiger partial charge in [0.15, 0.2) is 0 Å². The number of alkyl halides is 2. The van der Waals surface area contributed by atoms with E-state index in [0.29, 0.717) is 24.3 Å². The summed E-state index contributed by atoms with van der Waals surface area (Å²) in [6.07, 6.45) is 4.97. The molecule has 0 saturated carbocycles. The lowest BCUT2D eigenvalue weighted by Crippen LogP contribution is -2.08. The molecule has 0 aliphatic rings. The van der Waals surface area contributed by atoms with Gasteiger partial charge >= 0.3 is 0 Å². The second-order valence-electron chi connectivity index (χ2n) is 1.77. The van der Waals surface area contributed by atoms with E-state index in [1.807, 2.05) is 0 Å². The number of ether oxygens (including phenoxy) is 1. The number of hydrogen-bond acceptors (Lipinski definition) is 2. The molecule has 0 aromatic rings. The second-order valence-corrected chi connectivity index (χ2v) is 3.62. The molecule has 64 valence electrons. The van der Waals surface area contributed by atoms with E-state index in [9.17, 15) is 0 Å². The van der Waals surface area contributed by atoms with Crippen molar-refractivity contribution in [2.24, 2.45) is 0 Å². The van der Waals surface area contributed by atoms with Crippen molar-refractivity contribution in [2.75, 3.05) is 24.3 Å². The van der Waals surface area contributed by atoms with Crippen molar-refractivity contribution in [3.63, 3.8) is 0 Å². The first-order valence-electron chi connectivity index (χ1n) is 3.09. The maximum absolute atomic E-state index is 5.58. The minimum Gasteiger partial charge on any atom is -0.358 e. The Bertz CT molecular complexity index is 120. The normalized spacial score (nSPS) is 10.0. The predicted molar refractivity (Wildman–Crippen MR) is 52.5 cm³/mol. The highest BCUT2D eigenvalue weighted by Gasteiger charge is 2.04. The summed E-state index contributed by atoms with van der Waals surface area (Å²) in [6.45, 7) is 0.351. The van der Waals surface area contributed by atoms with E-state index in [1.165, 1.54) is 0 Å². The molecule has 0 unspecified atom stereocenters. The van der Waals surface area contributed by atoms with Crippen molar-refractivity contribution >= 4 is 35.0 Å². The van der Waals surface area contributed by atoms with Crippen LogP contribution in [-0.4, -0.2) is 29.6 Å². The van der Waals surface area contributed by atoms with Crippen molar-refractivity contribution in [2.45, 2.75) is 5.25 Å². The highest BCUT2D eigenvalue weighted by molar-refractivity contribution is 7.99. The first-order valence-corrected chi connectivity index (χ1v) is 5.21. The fraction of sp³-hybridized carbons (Fsp3) is 0.714. The lowest BCUT2D eigenvalue weighted by molar-refractivity contribution is 0.222. The molecule has 0 saturated heterocycles. The van der Waals surface area contributed by atoms with E-state index < -0.39 is 0 Å². The quantitative estimate of drug-likeness (QED) is 0.289. The van der Waals surface area contributed by atoms with Crippen LogP contribution in [0.25, 0.3) is 0 Å². The van der Waals surface area contributed by atoms with Crippen LogP contribution in [0.1, 0.15) is 0 Å². The van der Waals surface area contributed by atoms with Crippen LogP contribution in [0.5, 0.6) is 0 Å². The molecule has 4 heteroatoms. The SMILES string of the molecule is C#CCOCSC(CCl)CCl. The van der Waals surface area contributed by atoms with Crippen molar-refractivity contribution < 1.29 is 4.74 Å². The Morgan fingerprint density at radius 1 is 1.45 bits per heavy atom. The third-order valence-electron chi connectivity index (χ3n) is 0.917. The van der Waals surface area contributed by atoms with Crippen molar-refractivity contribution in [1.29, 1.82) is 0 Å². The minimum atomic E-state index is 0.260. The minimum absolute atomic E-state index is 0.260. The van der Waals surface area contributed by atoms with E-state index in [4.69, 9.17) is 34.4 Å². The summed E-state index contributed by atoms with van der Waals surface area (Å²) in [7, 11) is 0. The summed E-state index contributed by atoms with van der Waals surface area (Å²) in [4.78, 5) is 0. The topological polar surface area (TPSA) is 9.23 Å². The van der Waals surface area contributed by atoms with E-state index in [-0.39, 0.29) is 5.25 Å². The lowest BCUT2D eigenvalue weighted by atomic mass is 10.6. The molecule has 0 N–H and O–H groups in total. The number of rotatable bonds is 6. The zero-order valence-corrected chi connectivity index (χ0v) is 8.38. The zero-order valence-electron chi connectivity index (χ0n) is 6.06. The molecule has 0 bridgehead atoms. The maximum atomic E-state index is 5.58. The third kappa shape index (κ3) is 6.83. The molecular weight excluding hydrogens is 203 g/mol. The van der Waals surface area contributed by atoms with Gasteiger partial charge in [-0.05, 0) is 0 Å². The molecule has 0 atom stereocenters. The molecule has 0 rings (SSSR count). The summed E-state index contributed by atoms with van der Waals surface area (Å²) in [5.74, 6) is 4.04. The fourth-order valence-corrected chi connectivity index (χ4v) is 1.79. The summed E-state index contributed by atoms with van der Waals surface area (Å²) in [6, 6.07) is 0. The van der Waals surface area contributed by atoms with Gasteiger partial charge < -0.3 is 4.74 Å². The highest BCUT2D eigenvalue weighted by Crippen LogP contribution is 2.13. The average molecular weight is 213 g/mol. The summed E-state index contributed by atoms with van der Waals surface area (Å²) in [5, 5.41) is 0.260. The first kappa shape index (κ1) is 11.4. The van der Waals surface area contributed by atoms with Crippen LogP contribution in [0.15, 0.2) is 0 Å². The fourth-order valence-electron chi connectivity index (χ4n) is 0.375. The molecule has 0 heterocycles. The van der Waals surface area contributed by atoms with Crippen LogP contribution in [0.4, 0.5) is 0 Å². The molecule has 11 heavy (non-hydrogen) atoms. The maximum Gasteiger partial charge on any atom is 0.108 e. The first-order chi connectivity index (χ1) is 5.35.